The van der Waals surface area contributed by atoms with Crippen LogP contribution in [0.4, 0.5) is 5.82 Å². The van der Waals surface area contributed by atoms with Gasteiger partial charge < -0.3 is 10.3 Å². The van der Waals surface area contributed by atoms with E-state index in [0.29, 0.717) is 18.2 Å². The molecule has 2 aromatic heterocycles. The van der Waals surface area contributed by atoms with Gasteiger partial charge in [-0.2, -0.15) is 0 Å². The molecule has 1 saturated carbocycles. The molecule has 11 heteroatoms. The Morgan fingerprint density at radius 2 is 1.80 bits per heavy atom. The Kier molecular flexibility index (Phi) is 6.87. The van der Waals surface area contributed by atoms with Gasteiger partial charge in [0.2, 0.25) is 0 Å². The number of aromatic nitrogens is 5. The summed E-state index contributed by atoms with van der Waals surface area (Å²) in [7, 11) is 0. The summed E-state index contributed by atoms with van der Waals surface area (Å²) in [6.07, 6.45) is 5.23. The van der Waals surface area contributed by atoms with Crippen LogP contribution in [0.1, 0.15) is 59.9 Å². The van der Waals surface area contributed by atoms with Crippen LogP contribution in [0.2, 0.25) is 0 Å². The lowest BCUT2D eigenvalue weighted by atomic mass is 10.1. The summed E-state index contributed by atoms with van der Waals surface area (Å²) in [5.74, 6) is 0.330. The topological polar surface area (TPSA) is 132 Å². The van der Waals surface area contributed by atoms with Gasteiger partial charge in [0.1, 0.15) is 17.2 Å². The number of nitrogens with zero attached hydrogens (tertiary/aromatic N) is 5. The minimum absolute atomic E-state index is 0.0349. The van der Waals surface area contributed by atoms with Gasteiger partial charge in [-0.25, -0.2) is 4.79 Å². The Morgan fingerprint density at radius 3 is 2.51 bits per heavy atom. The molecule has 3 N–H and O–H groups in total. The van der Waals surface area contributed by atoms with E-state index < -0.39 is 17.0 Å². The fraction of sp³-hybridized carbons (Fsp3) is 0.458. The summed E-state index contributed by atoms with van der Waals surface area (Å²) in [4.78, 5) is 42.3. The monoisotopic (exact) mass is 495 g/mol. The molecule has 10 nitrogen and oxygen atoms in total. The predicted molar refractivity (Wildman–Crippen MR) is 134 cm³/mol. The first-order valence-electron chi connectivity index (χ1n) is 12.0. The maximum absolute atomic E-state index is 13.1. The average Bonchev–Trinajstić information content (AvgIpc) is 3.61. The molecule has 1 saturated heterocycles. The molecule has 35 heavy (non-hydrogen) atoms. The number of benzene rings is 1. The third kappa shape index (κ3) is 5.25. The number of hydrogen-bond donors (Lipinski definition) is 2. The van der Waals surface area contributed by atoms with Crippen molar-refractivity contribution in [3.8, 4) is 0 Å². The molecule has 1 aromatic carbocycles. The van der Waals surface area contributed by atoms with E-state index in [2.05, 4.69) is 20.1 Å². The Balaban J connectivity index is 1.38. The Morgan fingerprint density at radius 1 is 1.06 bits per heavy atom. The second-order valence-electron chi connectivity index (χ2n) is 9.14. The molecule has 0 radical (unpaired) electrons. The number of thioether (sulfide) groups is 1. The third-order valence-corrected chi connectivity index (χ3v) is 7.46. The first-order chi connectivity index (χ1) is 17.0. The molecule has 2 fully saturated rings. The molecular weight excluding hydrogens is 466 g/mol. The molecule has 3 heterocycles. The van der Waals surface area contributed by atoms with E-state index in [1.54, 1.807) is 0 Å². The highest BCUT2D eigenvalue weighted by Crippen LogP contribution is 2.35. The minimum atomic E-state index is -0.744. The Labute approximate surface area is 206 Å². The zero-order chi connectivity index (χ0) is 24.4. The van der Waals surface area contributed by atoms with Crippen LogP contribution in [0.3, 0.4) is 0 Å². The molecule has 3 aromatic rings. The van der Waals surface area contributed by atoms with Crippen molar-refractivity contribution < 1.29 is 4.79 Å². The van der Waals surface area contributed by atoms with E-state index in [1.807, 2.05) is 34.9 Å². The van der Waals surface area contributed by atoms with Crippen molar-refractivity contribution >= 4 is 23.4 Å². The fourth-order valence-corrected chi connectivity index (χ4v) is 5.35. The first kappa shape index (κ1) is 23.6. The lowest BCUT2D eigenvalue weighted by Gasteiger charge is -2.26. The summed E-state index contributed by atoms with van der Waals surface area (Å²) in [6.45, 7) is 3.37. The van der Waals surface area contributed by atoms with Crippen molar-refractivity contribution in [3.63, 3.8) is 0 Å². The van der Waals surface area contributed by atoms with E-state index in [9.17, 15) is 14.4 Å². The number of anilines is 1. The summed E-state index contributed by atoms with van der Waals surface area (Å²) >= 11 is 1.23. The van der Waals surface area contributed by atoms with Crippen molar-refractivity contribution in [2.75, 3.05) is 24.6 Å². The van der Waals surface area contributed by atoms with Crippen LogP contribution in [-0.2, 0) is 13.1 Å². The van der Waals surface area contributed by atoms with Gasteiger partial charge in [-0.15, -0.1) is 10.2 Å². The number of piperidine rings is 1. The first-order valence-corrected chi connectivity index (χ1v) is 13.0. The van der Waals surface area contributed by atoms with Crippen molar-refractivity contribution in [1.82, 2.24) is 29.2 Å². The second kappa shape index (κ2) is 10.2. The van der Waals surface area contributed by atoms with Crippen LogP contribution >= 0.6 is 11.8 Å². The highest BCUT2D eigenvalue weighted by molar-refractivity contribution is 7.99. The number of nitrogens with two attached hydrogens (primary N) is 1. The number of Topliss-reactive ketones (excluding diaryl/α,β-unsaturated/α-hetero) is 1. The maximum Gasteiger partial charge on any atom is 0.330 e. The summed E-state index contributed by atoms with van der Waals surface area (Å²) in [6, 6.07) is 10.00. The third-order valence-electron chi connectivity index (χ3n) is 6.50. The number of likely N-dealkylation sites (tertiary alicyclic amines) is 1. The molecule has 5 rings (SSSR count). The van der Waals surface area contributed by atoms with Gasteiger partial charge >= 0.3 is 5.69 Å². The maximum atomic E-state index is 13.1. The number of nitrogen functional groups attached to an aromatic ring is 1. The second-order valence-corrected chi connectivity index (χ2v) is 10.1. The molecule has 0 atom stereocenters. The van der Waals surface area contributed by atoms with Crippen LogP contribution < -0.4 is 17.0 Å². The highest BCUT2D eigenvalue weighted by Gasteiger charge is 2.30. The quantitative estimate of drug-likeness (QED) is 0.341. The lowest BCUT2D eigenvalue weighted by molar-refractivity contribution is 0.102. The molecular formula is C24H29N7O3S. The summed E-state index contributed by atoms with van der Waals surface area (Å²) < 4.78 is 3.37. The molecule has 1 aliphatic carbocycles. The van der Waals surface area contributed by atoms with E-state index in [4.69, 9.17) is 5.73 Å². The van der Waals surface area contributed by atoms with Crippen molar-refractivity contribution in [1.29, 1.82) is 0 Å². The summed E-state index contributed by atoms with van der Waals surface area (Å²) in [5, 5.41) is 9.44. The zero-order valence-electron chi connectivity index (χ0n) is 19.5. The van der Waals surface area contributed by atoms with Gasteiger partial charge in [-0.3, -0.25) is 24.0 Å². The standard InChI is InChI=1S/C24H29N7O3S/c25-21-20(22(33)26-23(34)31(21)17-9-10-17)18(32)15-35-24-28-27-19(14-29-11-5-2-6-12-29)30(24)13-16-7-3-1-4-8-16/h1,3-4,7-8,17H,2,5-6,9-15,25H2,(H,26,33,34). The highest BCUT2D eigenvalue weighted by atomic mass is 32.2. The van der Waals surface area contributed by atoms with E-state index in [1.165, 1.54) is 35.6 Å². The number of hydrogen-bond acceptors (Lipinski definition) is 8. The van der Waals surface area contributed by atoms with Crippen LogP contribution in [0.5, 0.6) is 0 Å². The predicted octanol–water partition coefficient (Wildman–Crippen LogP) is 2.05. The normalized spacial score (nSPS) is 16.5. The van der Waals surface area contributed by atoms with Crippen LogP contribution in [-0.4, -0.2) is 53.8 Å². The average molecular weight is 496 g/mol. The molecule has 1 aliphatic heterocycles. The number of H-pyrrole nitrogens is 1. The molecule has 2 aliphatic rings. The number of carbonyl (C=O) groups is 1. The smallest absolute Gasteiger partial charge is 0.330 e. The molecule has 0 unspecified atom stereocenters. The van der Waals surface area contributed by atoms with Crippen LogP contribution in [0.15, 0.2) is 45.1 Å². The number of aromatic amines is 1. The SMILES string of the molecule is Nc1c(C(=O)CSc2nnc(CN3CCCCC3)n2Cc2ccccc2)c(=O)[nH]c(=O)n1C1CC1. The van der Waals surface area contributed by atoms with Gasteiger partial charge in [-0.1, -0.05) is 48.5 Å². The minimum Gasteiger partial charge on any atom is -0.384 e. The van der Waals surface area contributed by atoms with Crippen LogP contribution in [0, 0.1) is 0 Å². The summed E-state index contributed by atoms with van der Waals surface area (Å²) in [5.41, 5.74) is 5.75. The molecule has 0 spiro atoms. The van der Waals surface area contributed by atoms with Gasteiger partial charge in [0.25, 0.3) is 5.56 Å². The number of rotatable bonds is 9. The largest absolute Gasteiger partial charge is 0.384 e. The van der Waals surface area contributed by atoms with Crippen molar-refractivity contribution in [2.24, 2.45) is 0 Å². The zero-order valence-corrected chi connectivity index (χ0v) is 20.3. The van der Waals surface area contributed by atoms with Gasteiger partial charge in [0.15, 0.2) is 10.9 Å². The molecule has 184 valence electrons. The van der Waals surface area contributed by atoms with Crippen molar-refractivity contribution in [2.45, 2.75) is 56.4 Å². The lowest BCUT2D eigenvalue weighted by Crippen LogP contribution is -2.36. The van der Waals surface area contributed by atoms with E-state index >= 15 is 0 Å². The molecule has 0 bridgehead atoms. The van der Waals surface area contributed by atoms with Gasteiger partial charge in [0.05, 0.1) is 18.8 Å². The molecule has 0 amide bonds. The Bertz CT molecular complexity index is 1320. The van der Waals surface area contributed by atoms with Crippen molar-refractivity contribution in [3.05, 3.63) is 68.1 Å². The van der Waals surface area contributed by atoms with E-state index in [-0.39, 0.29) is 23.2 Å². The Hall–Kier alpha value is -3.18. The van der Waals surface area contributed by atoms with E-state index in [0.717, 1.165) is 37.3 Å². The van der Waals surface area contributed by atoms with Gasteiger partial charge in [0, 0.05) is 6.04 Å². The fourth-order valence-electron chi connectivity index (χ4n) is 4.52. The number of ketones is 1. The van der Waals surface area contributed by atoms with Crippen LogP contribution in [0.25, 0.3) is 0 Å². The number of carbonyl (C=O) groups excluding carboxylic acids is 1. The number of nitrogens with one attached hydrogen (secondary N) is 1. The van der Waals surface area contributed by atoms with Gasteiger partial charge in [-0.05, 0) is 44.3 Å².